The van der Waals surface area contributed by atoms with E-state index in [1.165, 1.54) is 18.9 Å². The molecule has 0 saturated carbocycles. The number of nitrogens with two attached hydrogens (primary N) is 1. The van der Waals surface area contributed by atoms with Gasteiger partial charge in [-0.3, -0.25) is 14.4 Å². The first kappa shape index (κ1) is 28.7. The average Bonchev–Trinajstić information content (AvgIpc) is 3.28. The predicted molar refractivity (Wildman–Crippen MR) is 137 cm³/mol. The molecule has 0 fully saturated rings. The number of nitrogens with one attached hydrogen (secondary N) is 2. The van der Waals surface area contributed by atoms with Gasteiger partial charge in [-0.1, -0.05) is 44.2 Å². The molecule has 1 aliphatic rings. The predicted octanol–water partition coefficient (Wildman–Crippen LogP) is 2.74. The maximum atomic E-state index is 14.7. The van der Waals surface area contributed by atoms with E-state index in [1.807, 2.05) is 0 Å². The summed E-state index contributed by atoms with van der Waals surface area (Å²) >= 11 is 0. The van der Waals surface area contributed by atoms with Gasteiger partial charge in [-0.2, -0.15) is 5.01 Å². The molecular weight excluding hydrogens is 496 g/mol. The van der Waals surface area contributed by atoms with Gasteiger partial charge in [-0.05, 0) is 38.5 Å². The van der Waals surface area contributed by atoms with E-state index in [9.17, 15) is 23.2 Å². The second-order valence-corrected chi connectivity index (χ2v) is 9.50. The molecule has 3 rings (SSSR count). The highest BCUT2D eigenvalue weighted by atomic mass is 19.1. The van der Waals surface area contributed by atoms with Crippen LogP contribution in [0.5, 0.6) is 0 Å². The third-order valence-corrected chi connectivity index (χ3v) is 6.04. The lowest BCUT2D eigenvalue weighted by Gasteiger charge is -2.36. The van der Waals surface area contributed by atoms with Crippen LogP contribution in [0.25, 0.3) is 0 Å². The average molecular weight is 530 g/mol. The standard InChI is InChI=1S/C27H33F2N5O4/c1-16(2)26(37)34-27(19-9-6-5-7-10-19,38-25(33-34)21-15-20(28)11-12-22(21)29)13-8-14-31-24(36)18(4)32-23(35)17(3)30/h5-7,9-12,15-18H,8,13-14,30H2,1-4H3,(H,31,36)(H,32,35). The Hall–Kier alpha value is -3.86. The fraction of sp³-hybridized carbons (Fsp3) is 0.407. The molecule has 204 valence electrons. The molecule has 1 heterocycles. The van der Waals surface area contributed by atoms with Gasteiger partial charge >= 0.3 is 0 Å². The zero-order valence-electron chi connectivity index (χ0n) is 21.8. The molecule has 0 radical (unpaired) electrons. The highest BCUT2D eigenvalue weighted by molar-refractivity contribution is 5.97. The van der Waals surface area contributed by atoms with Gasteiger partial charge < -0.3 is 21.1 Å². The molecule has 2 aromatic rings. The van der Waals surface area contributed by atoms with Gasteiger partial charge in [0.2, 0.25) is 29.3 Å². The summed E-state index contributed by atoms with van der Waals surface area (Å²) < 4.78 is 34.9. The molecule has 1 aliphatic heterocycles. The second-order valence-electron chi connectivity index (χ2n) is 9.50. The van der Waals surface area contributed by atoms with Crippen molar-refractivity contribution in [1.82, 2.24) is 15.6 Å². The minimum atomic E-state index is -1.46. The highest BCUT2D eigenvalue weighted by Gasteiger charge is 2.50. The fourth-order valence-corrected chi connectivity index (χ4v) is 3.92. The number of amides is 3. The van der Waals surface area contributed by atoms with Crippen molar-refractivity contribution in [3.05, 3.63) is 71.3 Å². The third kappa shape index (κ3) is 6.34. The molecule has 3 amide bonds. The molecule has 0 aliphatic carbocycles. The Morgan fingerprint density at radius 3 is 2.37 bits per heavy atom. The van der Waals surface area contributed by atoms with Crippen LogP contribution < -0.4 is 16.4 Å². The zero-order chi connectivity index (χ0) is 28.0. The van der Waals surface area contributed by atoms with Gasteiger partial charge in [-0.15, -0.1) is 5.10 Å². The van der Waals surface area contributed by atoms with E-state index in [1.54, 1.807) is 44.2 Å². The van der Waals surface area contributed by atoms with Gasteiger partial charge in [0.15, 0.2) is 0 Å². The SMILES string of the molecule is CC(C)C(=O)N1N=C(c2cc(F)ccc2F)OC1(CCCNC(=O)C(C)NC(=O)C(C)N)c1ccccc1. The van der Waals surface area contributed by atoms with Gasteiger partial charge in [-0.25, -0.2) is 8.78 Å². The maximum absolute atomic E-state index is 14.7. The van der Waals surface area contributed by atoms with Crippen LogP contribution in [0.1, 0.15) is 51.7 Å². The van der Waals surface area contributed by atoms with Crippen molar-refractivity contribution in [3.63, 3.8) is 0 Å². The van der Waals surface area contributed by atoms with Gasteiger partial charge in [0, 0.05) is 24.4 Å². The Morgan fingerprint density at radius 2 is 1.74 bits per heavy atom. The van der Waals surface area contributed by atoms with Crippen molar-refractivity contribution in [3.8, 4) is 0 Å². The number of benzene rings is 2. The molecule has 0 bridgehead atoms. The van der Waals surface area contributed by atoms with Crippen LogP contribution in [-0.2, 0) is 24.8 Å². The first-order valence-electron chi connectivity index (χ1n) is 12.4. The molecule has 3 unspecified atom stereocenters. The summed E-state index contributed by atoms with van der Waals surface area (Å²) in [6.45, 7) is 6.64. The molecular formula is C27H33F2N5O4. The fourth-order valence-electron chi connectivity index (χ4n) is 3.92. The lowest BCUT2D eigenvalue weighted by Crippen LogP contribution is -2.50. The van der Waals surface area contributed by atoms with E-state index < -0.39 is 47.2 Å². The Bertz CT molecular complexity index is 1210. The largest absolute Gasteiger partial charge is 0.443 e. The van der Waals surface area contributed by atoms with Crippen molar-refractivity contribution >= 4 is 23.6 Å². The van der Waals surface area contributed by atoms with E-state index in [2.05, 4.69) is 15.7 Å². The quantitative estimate of drug-likeness (QED) is 0.408. The Morgan fingerprint density at radius 1 is 1.05 bits per heavy atom. The first-order chi connectivity index (χ1) is 18.0. The number of halogens is 2. The highest BCUT2D eigenvalue weighted by Crippen LogP contribution is 2.41. The smallest absolute Gasteiger partial charge is 0.249 e. The number of ether oxygens (including phenoxy) is 1. The number of hydrogen-bond donors (Lipinski definition) is 3. The van der Waals surface area contributed by atoms with Crippen LogP contribution in [0.4, 0.5) is 8.78 Å². The topological polar surface area (TPSA) is 126 Å². The van der Waals surface area contributed by atoms with Crippen LogP contribution in [0.3, 0.4) is 0 Å². The van der Waals surface area contributed by atoms with Gasteiger partial charge in [0.1, 0.15) is 17.7 Å². The second kappa shape index (κ2) is 12.1. The van der Waals surface area contributed by atoms with Crippen molar-refractivity contribution in [2.75, 3.05) is 6.54 Å². The van der Waals surface area contributed by atoms with Gasteiger partial charge in [0.05, 0.1) is 11.6 Å². The van der Waals surface area contributed by atoms with Crippen molar-refractivity contribution in [2.24, 2.45) is 16.8 Å². The number of hydrazone groups is 1. The van der Waals surface area contributed by atoms with E-state index in [0.29, 0.717) is 12.0 Å². The molecule has 2 aromatic carbocycles. The molecule has 3 atom stereocenters. The molecule has 4 N–H and O–H groups in total. The van der Waals surface area contributed by atoms with Crippen molar-refractivity contribution in [2.45, 2.75) is 58.3 Å². The van der Waals surface area contributed by atoms with Crippen LogP contribution >= 0.6 is 0 Å². The number of carbonyl (C=O) groups is 3. The number of hydrogen-bond acceptors (Lipinski definition) is 6. The number of carbonyl (C=O) groups excluding carboxylic acids is 3. The number of nitrogens with zero attached hydrogens (tertiary/aromatic N) is 2. The normalized spacial score (nSPS) is 18.4. The summed E-state index contributed by atoms with van der Waals surface area (Å²) in [6, 6.07) is 10.2. The monoisotopic (exact) mass is 529 g/mol. The summed E-state index contributed by atoms with van der Waals surface area (Å²) in [4.78, 5) is 37.5. The Kier molecular flexibility index (Phi) is 9.16. The summed E-state index contributed by atoms with van der Waals surface area (Å²) in [5.41, 5.74) is 4.43. The molecule has 0 saturated heterocycles. The van der Waals surface area contributed by atoms with E-state index in [-0.39, 0.29) is 30.3 Å². The van der Waals surface area contributed by atoms with E-state index >= 15 is 0 Å². The van der Waals surface area contributed by atoms with Crippen LogP contribution in [0, 0.1) is 17.6 Å². The maximum Gasteiger partial charge on any atom is 0.249 e. The van der Waals surface area contributed by atoms with E-state index in [0.717, 1.165) is 18.2 Å². The minimum Gasteiger partial charge on any atom is -0.443 e. The molecule has 11 heteroatoms. The molecule has 9 nitrogen and oxygen atoms in total. The van der Waals surface area contributed by atoms with Crippen molar-refractivity contribution in [1.29, 1.82) is 0 Å². The summed E-state index contributed by atoms with van der Waals surface area (Å²) in [5, 5.41) is 10.8. The van der Waals surface area contributed by atoms with Crippen LogP contribution in [-0.4, -0.2) is 47.3 Å². The lowest BCUT2D eigenvalue weighted by atomic mass is 9.95. The molecule has 0 spiro atoms. The lowest BCUT2D eigenvalue weighted by molar-refractivity contribution is -0.156. The van der Waals surface area contributed by atoms with Crippen LogP contribution in [0.15, 0.2) is 53.6 Å². The molecule has 38 heavy (non-hydrogen) atoms. The van der Waals surface area contributed by atoms with Crippen LogP contribution in [0.2, 0.25) is 0 Å². The Labute approximate surface area is 220 Å². The summed E-state index contributed by atoms with van der Waals surface area (Å²) in [6.07, 6.45) is 0.491. The van der Waals surface area contributed by atoms with E-state index in [4.69, 9.17) is 10.5 Å². The zero-order valence-corrected chi connectivity index (χ0v) is 21.8. The summed E-state index contributed by atoms with van der Waals surface area (Å²) in [7, 11) is 0. The van der Waals surface area contributed by atoms with Crippen molar-refractivity contribution < 1.29 is 27.9 Å². The third-order valence-electron chi connectivity index (χ3n) is 6.04. The Balaban J connectivity index is 1.87. The first-order valence-corrected chi connectivity index (χ1v) is 12.4. The number of rotatable bonds is 10. The summed E-state index contributed by atoms with van der Waals surface area (Å²) in [5.74, 6) is -3.37. The van der Waals surface area contributed by atoms with Gasteiger partial charge in [0.25, 0.3) is 0 Å². The minimum absolute atomic E-state index is 0.167. The molecule has 0 aromatic heterocycles.